The van der Waals surface area contributed by atoms with Crippen molar-refractivity contribution in [1.29, 1.82) is 0 Å². The second-order valence-electron chi connectivity index (χ2n) is 7.55. The molecule has 2 heterocycles. The van der Waals surface area contributed by atoms with Gasteiger partial charge in [0.1, 0.15) is 11.5 Å². The molecular weight excluding hydrogens is 374 g/mol. The van der Waals surface area contributed by atoms with E-state index in [1.807, 2.05) is 0 Å². The molecule has 2 amide bonds. The van der Waals surface area contributed by atoms with Gasteiger partial charge in [0.15, 0.2) is 0 Å². The quantitative estimate of drug-likeness (QED) is 0.261. The van der Waals surface area contributed by atoms with Crippen LogP contribution in [0.1, 0.15) is 18.6 Å². The van der Waals surface area contributed by atoms with Gasteiger partial charge in [-0.3, -0.25) is 19.7 Å². The number of amides is 2. The molecule has 4 aliphatic rings. The number of nitrogens with zero attached hydrogens (tertiary/aromatic N) is 3. The van der Waals surface area contributed by atoms with E-state index in [0.717, 1.165) is 17.9 Å². The van der Waals surface area contributed by atoms with Gasteiger partial charge in [0.2, 0.25) is 0 Å². The lowest BCUT2D eigenvalue weighted by Crippen LogP contribution is -2.38. The van der Waals surface area contributed by atoms with Crippen molar-refractivity contribution in [2.45, 2.75) is 12.8 Å². The van der Waals surface area contributed by atoms with E-state index in [9.17, 15) is 19.7 Å². The summed E-state index contributed by atoms with van der Waals surface area (Å²) in [5.74, 6) is -0.332. The van der Waals surface area contributed by atoms with Crippen LogP contribution in [0.3, 0.4) is 0 Å². The largest absolute Gasteiger partial charge is 0.455 e. The number of carbonyl (C=O) groups is 2. The number of nitro groups is 1. The number of rotatable bonds is 4. The van der Waals surface area contributed by atoms with Crippen LogP contribution in [0.25, 0.3) is 11.3 Å². The topological polar surface area (TPSA) is 106 Å². The minimum atomic E-state index is -0.475. The van der Waals surface area contributed by atoms with Gasteiger partial charge in [-0.25, -0.2) is 0 Å². The summed E-state index contributed by atoms with van der Waals surface area (Å²) >= 11 is 0. The first-order chi connectivity index (χ1) is 14.0. The van der Waals surface area contributed by atoms with Crippen molar-refractivity contribution in [2.75, 3.05) is 0 Å². The minimum Gasteiger partial charge on any atom is -0.455 e. The smallest absolute Gasteiger partial charge is 0.280 e. The van der Waals surface area contributed by atoms with Crippen molar-refractivity contribution in [3.63, 3.8) is 0 Å². The van der Waals surface area contributed by atoms with Gasteiger partial charge in [-0.15, -0.1) is 0 Å². The number of benzene rings is 1. The third-order valence-electron chi connectivity index (χ3n) is 6.03. The highest BCUT2D eigenvalue weighted by molar-refractivity contribution is 6.06. The molecule has 8 nitrogen and oxygen atoms in total. The van der Waals surface area contributed by atoms with E-state index in [1.165, 1.54) is 12.3 Å². The van der Waals surface area contributed by atoms with Crippen LogP contribution in [0.4, 0.5) is 5.69 Å². The fourth-order valence-corrected chi connectivity index (χ4v) is 4.70. The van der Waals surface area contributed by atoms with Crippen molar-refractivity contribution < 1.29 is 18.9 Å². The molecular formula is C21H17N3O5. The van der Waals surface area contributed by atoms with E-state index in [4.69, 9.17) is 4.42 Å². The van der Waals surface area contributed by atoms with Crippen LogP contribution < -0.4 is 0 Å². The molecule has 8 heteroatoms. The van der Waals surface area contributed by atoms with E-state index in [0.29, 0.717) is 17.1 Å². The third-order valence-corrected chi connectivity index (χ3v) is 6.03. The van der Waals surface area contributed by atoms with Gasteiger partial charge in [0, 0.05) is 6.07 Å². The van der Waals surface area contributed by atoms with Gasteiger partial charge in [0.05, 0.1) is 28.5 Å². The Morgan fingerprint density at radius 1 is 1.03 bits per heavy atom. The summed E-state index contributed by atoms with van der Waals surface area (Å²) in [7, 11) is 0. The van der Waals surface area contributed by atoms with Crippen molar-refractivity contribution in [1.82, 2.24) is 5.01 Å². The zero-order chi connectivity index (χ0) is 20.1. The Morgan fingerprint density at radius 2 is 1.69 bits per heavy atom. The van der Waals surface area contributed by atoms with Crippen molar-refractivity contribution in [3.8, 4) is 11.3 Å². The number of hydrogen-bond donors (Lipinski definition) is 0. The predicted molar refractivity (Wildman–Crippen MR) is 103 cm³/mol. The number of allylic oxidation sites excluding steroid dienone is 2. The second kappa shape index (κ2) is 6.51. The molecule has 1 saturated carbocycles. The number of nitro benzene ring substituents is 1. The highest BCUT2D eigenvalue weighted by Crippen LogP contribution is 2.49. The first-order valence-corrected chi connectivity index (χ1v) is 9.48. The lowest BCUT2D eigenvalue weighted by molar-refractivity contribution is -0.384. The average molecular weight is 391 g/mol. The van der Waals surface area contributed by atoms with Gasteiger partial charge >= 0.3 is 0 Å². The molecule has 2 fully saturated rings. The maximum Gasteiger partial charge on any atom is 0.280 e. The van der Waals surface area contributed by atoms with E-state index in [1.54, 1.807) is 30.3 Å². The Balaban J connectivity index is 1.39. The van der Waals surface area contributed by atoms with Gasteiger partial charge in [-0.05, 0) is 42.9 Å². The Kier molecular flexibility index (Phi) is 3.94. The Morgan fingerprint density at radius 3 is 2.31 bits per heavy atom. The van der Waals surface area contributed by atoms with Crippen LogP contribution in [0.15, 0.2) is 58.1 Å². The molecule has 1 aromatic carbocycles. The Bertz CT molecular complexity index is 1050. The monoisotopic (exact) mass is 391 g/mol. The lowest BCUT2D eigenvalue weighted by atomic mass is 9.63. The molecule has 1 saturated heterocycles. The molecule has 6 rings (SSSR count). The van der Waals surface area contributed by atoms with Gasteiger partial charge in [-0.2, -0.15) is 10.1 Å². The van der Waals surface area contributed by atoms with E-state index >= 15 is 0 Å². The zero-order valence-corrected chi connectivity index (χ0v) is 15.3. The maximum atomic E-state index is 12.8. The number of imide groups is 1. The van der Waals surface area contributed by atoms with Crippen LogP contribution >= 0.6 is 0 Å². The summed E-state index contributed by atoms with van der Waals surface area (Å²) in [6.45, 7) is 0. The number of hydrazone groups is 1. The highest BCUT2D eigenvalue weighted by Gasteiger charge is 2.56. The number of carbonyl (C=O) groups excluding carboxylic acids is 2. The van der Waals surface area contributed by atoms with Gasteiger partial charge in [0.25, 0.3) is 17.5 Å². The first-order valence-electron chi connectivity index (χ1n) is 9.48. The van der Waals surface area contributed by atoms with Crippen LogP contribution in [-0.2, 0) is 9.59 Å². The molecule has 1 aliphatic heterocycles. The normalized spacial score (nSPS) is 27.8. The molecule has 2 aromatic rings. The molecule has 29 heavy (non-hydrogen) atoms. The fourth-order valence-electron chi connectivity index (χ4n) is 4.70. The standard InChI is InChI=1S/C21H17N3O5/c25-20-18-12-5-6-13(8-7-12)19(18)21(26)23(20)22-11-14-9-10-17(29-14)15-3-1-2-4-16(15)24(27)28/h1-6,9-13,18-19H,7-8H2/b22-11-/t12-,13-,18+,19+/m1/s1. The van der Waals surface area contributed by atoms with E-state index in [2.05, 4.69) is 17.3 Å². The number of para-hydroxylation sites is 1. The van der Waals surface area contributed by atoms with Crippen LogP contribution in [0, 0.1) is 33.8 Å². The van der Waals surface area contributed by atoms with Crippen LogP contribution in [0.5, 0.6) is 0 Å². The third kappa shape index (κ3) is 2.71. The summed E-state index contributed by atoms with van der Waals surface area (Å²) in [5.41, 5.74) is 0.279. The molecule has 0 N–H and O–H groups in total. The molecule has 4 atom stereocenters. The highest BCUT2D eigenvalue weighted by atomic mass is 16.6. The van der Waals surface area contributed by atoms with Crippen molar-refractivity contribution in [2.24, 2.45) is 28.8 Å². The molecule has 146 valence electrons. The molecule has 3 aliphatic carbocycles. The summed E-state index contributed by atoms with van der Waals surface area (Å²) in [5, 5.41) is 16.3. The lowest BCUT2D eigenvalue weighted by Gasteiger charge is -2.37. The first kappa shape index (κ1) is 17.5. The number of furan rings is 1. The molecule has 1 aromatic heterocycles. The number of fused-ring (bicyclic) bond motifs is 1. The Labute approximate surface area is 165 Å². The predicted octanol–water partition coefficient (Wildman–Crippen LogP) is 3.39. The van der Waals surface area contributed by atoms with Crippen LogP contribution in [0.2, 0.25) is 0 Å². The fraction of sp³-hybridized carbons (Fsp3) is 0.286. The second-order valence-corrected chi connectivity index (χ2v) is 7.55. The van der Waals surface area contributed by atoms with E-state index in [-0.39, 0.29) is 41.2 Å². The molecule has 0 radical (unpaired) electrons. The summed E-state index contributed by atoms with van der Waals surface area (Å²) in [4.78, 5) is 36.3. The SMILES string of the molecule is O=C1[C@@H]2[C@@H](C(=O)N1/N=C\c1ccc(-c3ccccc3[N+](=O)[O-])o1)[C@@H]1C=C[C@@H]2CC1. The Hall–Kier alpha value is -3.55. The van der Waals surface area contributed by atoms with Gasteiger partial charge < -0.3 is 4.42 Å². The van der Waals surface area contributed by atoms with Gasteiger partial charge in [-0.1, -0.05) is 24.3 Å². The molecule has 0 spiro atoms. The average Bonchev–Trinajstić information content (AvgIpc) is 3.32. The summed E-state index contributed by atoms with van der Waals surface area (Å²) < 4.78 is 5.65. The molecule has 0 unspecified atom stereocenters. The zero-order valence-electron chi connectivity index (χ0n) is 15.3. The van der Waals surface area contributed by atoms with Crippen molar-refractivity contribution >= 4 is 23.7 Å². The summed E-state index contributed by atoms with van der Waals surface area (Å²) in [6.07, 6.45) is 7.27. The molecule has 2 bridgehead atoms. The maximum absolute atomic E-state index is 12.8. The minimum absolute atomic E-state index is 0.0673. The summed E-state index contributed by atoms with van der Waals surface area (Å²) in [6, 6.07) is 9.46. The van der Waals surface area contributed by atoms with Crippen LogP contribution in [-0.4, -0.2) is 28.0 Å². The number of hydrogen-bond acceptors (Lipinski definition) is 6. The van der Waals surface area contributed by atoms with E-state index < -0.39 is 4.92 Å². The van der Waals surface area contributed by atoms with Crippen molar-refractivity contribution in [3.05, 3.63) is 64.4 Å².